The maximum absolute atomic E-state index is 11.3. The van der Waals surface area contributed by atoms with Gasteiger partial charge in [-0.3, -0.25) is 4.90 Å². The Balaban J connectivity index is 1.94. The fourth-order valence-corrected chi connectivity index (χ4v) is 5.15. The molecule has 2 N–H and O–H groups in total. The summed E-state index contributed by atoms with van der Waals surface area (Å²) in [5.41, 5.74) is 1.99. The molecule has 0 saturated carbocycles. The molecule has 3 aromatic rings. The molecule has 0 amide bonds. The Morgan fingerprint density at radius 1 is 0.862 bits per heavy atom. The lowest BCUT2D eigenvalue weighted by atomic mass is 9.83. The quantitative estimate of drug-likeness (QED) is 0.659. The van der Waals surface area contributed by atoms with Gasteiger partial charge in [0.05, 0.1) is 27.4 Å². The molecular formula is C23H25NO5. The standard InChI is InChI=1S/C23H25NO5/c1-27-19-8-13-12-9-20(28-2)21(29-3)10-14(12)16-11-24-6-4-5-17(24)23(26)22(16)15(13)7-18(19)25/h7-10,17,23,25-26H,4-6,11H2,1-3H3/t17-,23+/m1/s1. The minimum Gasteiger partial charge on any atom is -0.504 e. The van der Waals surface area contributed by atoms with E-state index in [1.165, 1.54) is 7.11 Å². The van der Waals surface area contributed by atoms with Gasteiger partial charge in [0.15, 0.2) is 23.0 Å². The van der Waals surface area contributed by atoms with Crippen molar-refractivity contribution in [2.24, 2.45) is 0 Å². The number of phenolic OH excluding ortho intramolecular Hbond substituents is 1. The predicted molar refractivity (Wildman–Crippen MR) is 111 cm³/mol. The molecule has 2 atom stereocenters. The van der Waals surface area contributed by atoms with E-state index in [1.54, 1.807) is 20.3 Å². The Hall–Kier alpha value is -2.70. The molecule has 6 nitrogen and oxygen atoms in total. The van der Waals surface area contributed by atoms with Crippen LogP contribution in [0.4, 0.5) is 0 Å². The van der Waals surface area contributed by atoms with E-state index < -0.39 is 6.10 Å². The number of benzene rings is 3. The Kier molecular flexibility index (Phi) is 4.22. The minimum atomic E-state index is -0.603. The third kappa shape index (κ3) is 2.56. The van der Waals surface area contributed by atoms with Crippen LogP contribution >= 0.6 is 0 Å². The van der Waals surface area contributed by atoms with Gasteiger partial charge in [0.2, 0.25) is 0 Å². The van der Waals surface area contributed by atoms with E-state index in [2.05, 4.69) is 4.90 Å². The Bertz CT molecular complexity index is 1130. The highest BCUT2D eigenvalue weighted by atomic mass is 16.5. The van der Waals surface area contributed by atoms with E-state index in [0.29, 0.717) is 17.2 Å². The number of aromatic hydroxyl groups is 1. The molecule has 152 valence electrons. The van der Waals surface area contributed by atoms with Crippen molar-refractivity contribution in [3.8, 4) is 23.0 Å². The smallest absolute Gasteiger partial charge is 0.161 e. The average molecular weight is 395 g/mol. The maximum Gasteiger partial charge on any atom is 0.161 e. The van der Waals surface area contributed by atoms with E-state index in [0.717, 1.165) is 58.6 Å². The number of hydrogen-bond acceptors (Lipinski definition) is 6. The fraction of sp³-hybridized carbons (Fsp3) is 0.391. The second kappa shape index (κ2) is 6.68. The molecule has 1 saturated heterocycles. The van der Waals surface area contributed by atoms with Crippen LogP contribution in [0.2, 0.25) is 0 Å². The van der Waals surface area contributed by atoms with Crippen LogP contribution in [0.25, 0.3) is 21.5 Å². The first-order valence-corrected chi connectivity index (χ1v) is 9.90. The molecule has 0 aliphatic carbocycles. The van der Waals surface area contributed by atoms with E-state index in [4.69, 9.17) is 14.2 Å². The molecule has 2 aliphatic rings. The molecular weight excluding hydrogens is 370 g/mol. The molecule has 6 heteroatoms. The molecule has 3 aromatic carbocycles. The van der Waals surface area contributed by atoms with Crippen molar-refractivity contribution in [3.63, 3.8) is 0 Å². The lowest BCUT2D eigenvalue weighted by Crippen LogP contribution is -2.39. The third-order valence-corrected chi connectivity index (χ3v) is 6.51. The van der Waals surface area contributed by atoms with Crippen molar-refractivity contribution in [2.75, 3.05) is 27.9 Å². The largest absolute Gasteiger partial charge is 0.504 e. The van der Waals surface area contributed by atoms with Gasteiger partial charge in [0.1, 0.15) is 0 Å². The second-order valence-corrected chi connectivity index (χ2v) is 7.84. The van der Waals surface area contributed by atoms with Crippen molar-refractivity contribution in [3.05, 3.63) is 35.4 Å². The van der Waals surface area contributed by atoms with Gasteiger partial charge >= 0.3 is 0 Å². The second-order valence-electron chi connectivity index (χ2n) is 7.84. The first kappa shape index (κ1) is 18.3. The number of ether oxygens (including phenoxy) is 3. The van der Waals surface area contributed by atoms with Gasteiger partial charge in [0.25, 0.3) is 0 Å². The van der Waals surface area contributed by atoms with E-state index >= 15 is 0 Å². The molecule has 1 fully saturated rings. The zero-order valence-corrected chi connectivity index (χ0v) is 16.9. The van der Waals surface area contributed by atoms with Gasteiger partial charge in [-0.25, -0.2) is 0 Å². The summed E-state index contributed by atoms with van der Waals surface area (Å²) in [4.78, 5) is 2.36. The highest BCUT2D eigenvalue weighted by Crippen LogP contribution is 2.48. The van der Waals surface area contributed by atoms with Crippen molar-refractivity contribution >= 4 is 21.5 Å². The summed E-state index contributed by atoms with van der Waals surface area (Å²) in [6.45, 7) is 1.76. The number of fused-ring (bicyclic) bond motifs is 7. The van der Waals surface area contributed by atoms with Gasteiger partial charge in [-0.15, -0.1) is 0 Å². The summed E-state index contributed by atoms with van der Waals surface area (Å²) in [6, 6.07) is 7.64. The number of nitrogens with zero attached hydrogens (tertiary/aromatic N) is 1. The molecule has 29 heavy (non-hydrogen) atoms. The molecule has 2 aliphatic heterocycles. The molecule has 0 unspecified atom stereocenters. The lowest BCUT2D eigenvalue weighted by Gasteiger charge is -2.37. The lowest BCUT2D eigenvalue weighted by molar-refractivity contribution is 0.0552. The topological polar surface area (TPSA) is 71.4 Å². The van der Waals surface area contributed by atoms with Crippen molar-refractivity contribution in [2.45, 2.75) is 31.5 Å². The van der Waals surface area contributed by atoms with Crippen LogP contribution in [0.1, 0.15) is 30.1 Å². The molecule has 2 heterocycles. The summed E-state index contributed by atoms with van der Waals surface area (Å²) in [7, 11) is 4.79. The van der Waals surface area contributed by atoms with Crippen LogP contribution in [-0.2, 0) is 6.54 Å². The van der Waals surface area contributed by atoms with E-state index in [-0.39, 0.29) is 11.8 Å². The van der Waals surface area contributed by atoms with Gasteiger partial charge in [-0.05, 0) is 76.3 Å². The summed E-state index contributed by atoms with van der Waals surface area (Å²) < 4.78 is 16.5. The van der Waals surface area contributed by atoms with Crippen LogP contribution in [-0.4, -0.2) is 49.0 Å². The monoisotopic (exact) mass is 395 g/mol. The summed E-state index contributed by atoms with van der Waals surface area (Å²) in [5.74, 6) is 1.78. The SMILES string of the molecule is COc1cc2c(cc1O)c1c(c3cc(OC)c(OC)cc32)CN2CCC[C@@H]2[C@@H]1O. The van der Waals surface area contributed by atoms with Crippen LogP contribution in [0.3, 0.4) is 0 Å². The maximum atomic E-state index is 11.3. The van der Waals surface area contributed by atoms with E-state index in [9.17, 15) is 10.2 Å². The Morgan fingerprint density at radius 2 is 1.48 bits per heavy atom. The molecule has 0 radical (unpaired) electrons. The summed E-state index contributed by atoms with van der Waals surface area (Å²) >= 11 is 0. The minimum absolute atomic E-state index is 0.0723. The average Bonchev–Trinajstić information content (AvgIpc) is 3.21. The Morgan fingerprint density at radius 3 is 2.17 bits per heavy atom. The normalized spacial score (nSPS) is 21.2. The third-order valence-electron chi connectivity index (χ3n) is 6.51. The molecule has 0 spiro atoms. The van der Waals surface area contributed by atoms with Gasteiger partial charge in [-0.2, -0.15) is 0 Å². The number of methoxy groups -OCH3 is 3. The van der Waals surface area contributed by atoms with Crippen LogP contribution in [0.15, 0.2) is 24.3 Å². The highest BCUT2D eigenvalue weighted by Gasteiger charge is 2.39. The van der Waals surface area contributed by atoms with E-state index in [1.807, 2.05) is 18.2 Å². The predicted octanol–water partition coefficient (Wildman–Crippen LogP) is 3.74. The number of aliphatic hydroxyl groups excluding tert-OH is 1. The number of phenols is 1. The van der Waals surface area contributed by atoms with Crippen LogP contribution in [0, 0.1) is 0 Å². The zero-order chi connectivity index (χ0) is 20.3. The first-order chi connectivity index (χ1) is 14.1. The van der Waals surface area contributed by atoms with Crippen molar-refractivity contribution in [1.29, 1.82) is 0 Å². The summed E-state index contributed by atoms with van der Waals surface area (Å²) in [5, 5.41) is 25.6. The Labute approximate surface area is 169 Å². The summed E-state index contributed by atoms with van der Waals surface area (Å²) in [6.07, 6.45) is 1.46. The number of hydrogen-bond donors (Lipinski definition) is 2. The molecule has 0 bridgehead atoms. The molecule has 5 rings (SSSR count). The number of aliphatic hydroxyl groups is 1. The zero-order valence-electron chi connectivity index (χ0n) is 16.9. The van der Waals surface area contributed by atoms with Gasteiger partial charge < -0.3 is 24.4 Å². The van der Waals surface area contributed by atoms with Crippen LogP contribution < -0.4 is 14.2 Å². The number of rotatable bonds is 3. The van der Waals surface area contributed by atoms with Gasteiger partial charge in [0, 0.05) is 12.6 Å². The van der Waals surface area contributed by atoms with Crippen molar-refractivity contribution < 1.29 is 24.4 Å². The molecule has 0 aromatic heterocycles. The van der Waals surface area contributed by atoms with Crippen LogP contribution in [0.5, 0.6) is 23.0 Å². The first-order valence-electron chi connectivity index (χ1n) is 9.90. The highest BCUT2D eigenvalue weighted by molar-refractivity contribution is 6.13. The fourth-order valence-electron chi connectivity index (χ4n) is 5.15. The van der Waals surface area contributed by atoms with Gasteiger partial charge in [-0.1, -0.05) is 0 Å². The van der Waals surface area contributed by atoms with Crippen molar-refractivity contribution in [1.82, 2.24) is 4.90 Å².